The van der Waals surface area contributed by atoms with Crippen LogP contribution in [-0.2, 0) is 0 Å². The monoisotopic (exact) mass is 217 g/mol. The van der Waals surface area contributed by atoms with Crippen molar-refractivity contribution in [2.45, 2.75) is 38.5 Å². The average molecular weight is 217 g/mol. The van der Waals surface area contributed by atoms with Crippen molar-refractivity contribution in [1.29, 1.82) is 0 Å². The fraction of sp³-hybridized carbons (Fsp3) is 0.600. The van der Waals surface area contributed by atoms with Gasteiger partial charge in [-0.2, -0.15) is 0 Å². The van der Waals surface area contributed by atoms with Crippen molar-refractivity contribution in [2.24, 2.45) is 5.92 Å². The van der Waals surface area contributed by atoms with Crippen LogP contribution in [0.2, 0.25) is 0 Å². The molecular formula is C15H23N. The van der Waals surface area contributed by atoms with E-state index in [-0.39, 0.29) is 0 Å². The van der Waals surface area contributed by atoms with E-state index in [2.05, 4.69) is 43.6 Å². The van der Waals surface area contributed by atoms with E-state index in [0.29, 0.717) is 0 Å². The second kappa shape index (κ2) is 5.49. The van der Waals surface area contributed by atoms with Crippen LogP contribution >= 0.6 is 0 Å². The summed E-state index contributed by atoms with van der Waals surface area (Å²) in [5, 5.41) is 3.36. The molecule has 88 valence electrons. The highest BCUT2D eigenvalue weighted by atomic mass is 14.8. The van der Waals surface area contributed by atoms with Crippen LogP contribution in [0.1, 0.15) is 42.7 Å². The van der Waals surface area contributed by atoms with Crippen LogP contribution in [0.25, 0.3) is 0 Å². The van der Waals surface area contributed by atoms with Crippen molar-refractivity contribution in [2.75, 3.05) is 13.6 Å². The van der Waals surface area contributed by atoms with Gasteiger partial charge in [0.2, 0.25) is 0 Å². The Morgan fingerprint density at radius 2 is 1.94 bits per heavy atom. The summed E-state index contributed by atoms with van der Waals surface area (Å²) in [5.74, 6) is 1.61. The van der Waals surface area contributed by atoms with Crippen LogP contribution in [-0.4, -0.2) is 13.6 Å². The van der Waals surface area contributed by atoms with Crippen LogP contribution in [0.15, 0.2) is 24.3 Å². The number of hydrogen-bond donors (Lipinski definition) is 1. The number of hydrogen-bond acceptors (Lipinski definition) is 1. The molecule has 2 rings (SSSR count). The average Bonchev–Trinajstić information content (AvgIpc) is 2.31. The highest BCUT2D eigenvalue weighted by Gasteiger charge is 2.26. The first-order valence-electron chi connectivity index (χ1n) is 6.53. The standard InChI is InChI=1S/C15H23N/c1-12-7-3-5-9-14(12)15-10-6-4-8-13(15)11-16-2/h3,5,7,9,13,15-16H,4,6,8,10-11H2,1-2H3. The molecule has 1 nitrogen and oxygen atoms in total. The van der Waals surface area contributed by atoms with Gasteiger partial charge in [0, 0.05) is 0 Å². The molecule has 1 heteroatoms. The Hall–Kier alpha value is -0.820. The molecule has 2 atom stereocenters. The zero-order valence-corrected chi connectivity index (χ0v) is 10.5. The van der Waals surface area contributed by atoms with Crippen molar-refractivity contribution in [3.8, 4) is 0 Å². The summed E-state index contributed by atoms with van der Waals surface area (Å²) < 4.78 is 0. The molecule has 1 fully saturated rings. The minimum absolute atomic E-state index is 0.780. The summed E-state index contributed by atoms with van der Waals surface area (Å²) in [6.07, 6.45) is 5.57. The lowest BCUT2D eigenvalue weighted by atomic mass is 9.74. The fourth-order valence-electron chi connectivity index (χ4n) is 3.13. The second-order valence-electron chi connectivity index (χ2n) is 5.07. The quantitative estimate of drug-likeness (QED) is 0.817. The summed E-state index contributed by atoms with van der Waals surface area (Å²) >= 11 is 0. The molecule has 1 N–H and O–H groups in total. The molecule has 1 saturated carbocycles. The Morgan fingerprint density at radius 3 is 2.69 bits per heavy atom. The van der Waals surface area contributed by atoms with Crippen molar-refractivity contribution in [1.82, 2.24) is 5.32 Å². The predicted octanol–water partition coefficient (Wildman–Crippen LogP) is 3.49. The van der Waals surface area contributed by atoms with Crippen LogP contribution in [0.4, 0.5) is 0 Å². The summed E-state index contributed by atoms with van der Waals surface area (Å²) in [6, 6.07) is 8.91. The Morgan fingerprint density at radius 1 is 1.19 bits per heavy atom. The molecular weight excluding hydrogens is 194 g/mol. The SMILES string of the molecule is CNCC1CCCCC1c1ccccc1C. The summed E-state index contributed by atoms with van der Waals surface area (Å²) in [7, 11) is 2.07. The summed E-state index contributed by atoms with van der Waals surface area (Å²) in [4.78, 5) is 0. The van der Waals surface area contributed by atoms with E-state index in [0.717, 1.165) is 11.8 Å². The molecule has 0 bridgehead atoms. The van der Waals surface area contributed by atoms with Crippen LogP contribution in [0.5, 0.6) is 0 Å². The molecule has 0 heterocycles. The summed E-state index contributed by atoms with van der Waals surface area (Å²) in [6.45, 7) is 3.42. The van der Waals surface area contributed by atoms with Gasteiger partial charge in [-0.1, -0.05) is 37.1 Å². The largest absolute Gasteiger partial charge is 0.319 e. The molecule has 16 heavy (non-hydrogen) atoms. The zero-order valence-electron chi connectivity index (χ0n) is 10.5. The van der Waals surface area contributed by atoms with E-state index in [1.165, 1.54) is 37.8 Å². The maximum Gasteiger partial charge on any atom is -0.00177 e. The minimum atomic E-state index is 0.780. The Balaban J connectivity index is 2.19. The molecule has 1 aromatic rings. The molecule has 0 amide bonds. The van der Waals surface area contributed by atoms with Crippen molar-refractivity contribution in [3.63, 3.8) is 0 Å². The first-order chi connectivity index (χ1) is 7.83. The molecule has 0 spiro atoms. The van der Waals surface area contributed by atoms with Gasteiger partial charge in [0.05, 0.1) is 0 Å². The van der Waals surface area contributed by atoms with Crippen LogP contribution < -0.4 is 5.32 Å². The lowest BCUT2D eigenvalue weighted by Crippen LogP contribution is -2.27. The molecule has 1 aliphatic carbocycles. The number of nitrogens with one attached hydrogen (secondary N) is 1. The third-order valence-electron chi connectivity index (χ3n) is 3.96. The van der Waals surface area contributed by atoms with Gasteiger partial charge in [0.1, 0.15) is 0 Å². The minimum Gasteiger partial charge on any atom is -0.319 e. The first kappa shape index (κ1) is 11.7. The van der Waals surface area contributed by atoms with E-state index in [1.54, 1.807) is 5.56 Å². The molecule has 0 radical (unpaired) electrons. The molecule has 0 aromatic heterocycles. The first-order valence-corrected chi connectivity index (χ1v) is 6.53. The smallest absolute Gasteiger partial charge is 0.00177 e. The van der Waals surface area contributed by atoms with E-state index in [1.807, 2.05) is 0 Å². The Bertz CT molecular complexity index is 330. The normalized spacial score (nSPS) is 25.6. The van der Waals surface area contributed by atoms with Gasteiger partial charge in [-0.25, -0.2) is 0 Å². The van der Waals surface area contributed by atoms with Crippen molar-refractivity contribution >= 4 is 0 Å². The van der Waals surface area contributed by atoms with Crippen LogP contribution in [0, 0.1) is 12.8 Å². The lowest BCUT2D eigenvalue weighted by Gasteiger charge is -2.32. The molecule has 0 saturated heterocycles. The van der Waals surface area contributed by atoms with E-state index < -0.39 is 0 Å². The van der Waals surface area contributed by atoms with E-state index in [9.17, 15) is 0 Å². The number of rotatable bonds is 3. The lowest BCUT2D eigenvalue weighted by molar-refractivity contribution is 0.300. The maximum absolute atomic E-state index is 3.36. The fourth-order valence-corrected chi connectivity index (χ4v) is 3.13. The maximum atomic E-state index is 3.36. The van der Waals surface area contributed by atoms with Gasteiger partial charge in [-0.15, -0.1) is 0 Å². The highest BCUT2D eigenvalue weighted by Crippen LogP contribution is 2.38. The van der Waals surface area contributed by atoms with Gasteiger partial charge in [-0.05, 0) is 56.3 Å². The van der Waals surface area contributed by atoms with E-state index >= 15 is 0 Å². The van der Waals surface area contributed by atoms with E-state index in [4.69, 9.17) is 0 Å². The number of aryl methyl sites for hydroxylation is 1. The van der Waals surface area contributed by atoms with Gasteiger partial charge >= 0.3 is 0 Å². The van der Waals surface area contributed by atoms with Crippen molar-refractivity contribution in [3.05, 3.63) is 35.4 Å². The predicted molar refractivity (Wildman–Crippen MR) is 69.8 cm³/mol. The van der Waals surface area contributed by atoms with Crippen molar-refractivity contribution < 1.29 is 0 Å². The Kier molecular flexibility index (Phi) is 4.00. The summed E-state index contributed by atoms with van der Waals surface area (Å²) in [5.41, 5.74) is 3.05. The Labute approximate surface area is 99.3 Å². The number of benzene rings is 1. The van der Waals surface area contributed by atoms with Gasteiger partial charge in [0.15, 0.2) is 0 Å². The topological polar surface area (TPSA) is 12.0 Å². The van der Waals surface area contributed by atoms with Gasteiger partial charge < -0.3 is 5.32 Å². The highest BCUT2D eigenvalue weighted by molar-refractivity contribution is 5.30. The molecule has 2 unspecified atom stereocenters. The third kappa shape index (κ3) is 2.46. The molecule has 1 aromatic carbocycles. The molecule has 0 aliphatic heterocycles. The molecule has 1 aliphatic rings. The van der Waals surface area contributed by atoms with Crippen LogP contribution in [0.3, 0.4) is 0 Å². The van der Waals surface area contributed by atoms with Gasteiger partial charge in [-0.3, -0.25) is 0 Å². The third-order valence-corrected chi connectivity index (χ3v) is 3.96. The van der Waals surface area contributed by atoms with Gasteiger partial charge in [0.25, 0.3) is 0 Å². The zero-order chi connectivity index (χ0) is 11.4. The second-order valence-corrected chi connectivity index (χ2v) is 5.07.